The highest BCUT2D eigenvalue weighted by atomic mass is 19.1. The molecule has 108 valence electrons. The van der Waals surface area contributed by atoms with Crippen LogP contribution in [0.2, 0.25) is 0 Å². The number of nitrogens with one attached hydrogen (secondary N) is 1. The summed E-state index contributed by atoms with van der Waals surface area (Å²) in [5, 5.41) is 2.82. The molecule has 2 rings (SSSR count). The molecule has 0 spiro atoms. The largest absolute Gasteiger partial charge is 0.355 e. The Labute approximate surface area is 118 Å². The first-order valence-electron chi connectivity index (χ1n) is 6.90. The minimum absolute atomic E-state index is 0.0396. The van der Waals surface area contributed by atoms with E-state index in [1.54, 1.807) is 11.0 Å². The lowest BCUT2D eigenvalue weighted by molar-refractivity contribution is -0.128. The number of nitrogens with zero attached hydrogens (tertiary/aromatic N) is 1. The highest BCUT2D eigenvalue weighted by Gasteiger charge is 2.32. The zero-order chi connectivity index (χ0) is 14.5. The molecule has 1 fully saturated rings. The van der Waals surface area contributed by atoms with Crippen molar-refractivity contribution in [3.05, 3.63) is 35.6 Å². The molecule has 1 aromatic carbocycles. The van der Waals surface area contributed by atoms with Gasteiger partial charge in [0.25, 0.3) is 0 Å². The van der Waals surface area contributed by atoms with Crippen molar-refractivity contribution in [3.8, 4) is 0 Å². The molecule has 4 nitrogen and oxygen atoms in total. The van der Waals surface area contributed by atoms with Crippen molar-refractivity contribution in [1.82, 2.24) is 10.2 Å². The third-order valence-corrected chi connectivity index (χ3v) is 3.57. The molecule has 0 aliphatic carbocycles. The average molecular weight is 278 g/mol. The van der Waals surface area contributed by atoms with Crippen LogP contribution in [0.4, 0.5) is 4.39 Å². The molecular weight excluding hydrogens is 259 g/mol. The SMILES string of the molecule is CCN1C[C@H](C(=O)NCCc2cccc(F)c2)CC1=O. The van der Waals surface area contributed by atoms with E-state index in [0.29, 0.717) is 32.5 Å². The molecule has 1 saturated heterocycles. The van der Waals surface area contributed by atoms with Crippen molar-refractivity contribution < 1.29 is 14.0 Å². The Morgan fingerprint density at radius 3 is 2.95 bits per heavy atom. The summed E-state index contributed by atoms with van der Waals surface area (Å²) >= 11 is 0. The number of likely N-dealkylation sites (tertiary alicyclic amines) is 1. The van der Waals surface area contributed by atoms with Crippen LogP contribution >= 0.6 is 0 Å². The number of hydrogen-bond acceptors (Lipinski definition) is 2. The molecule has 5 heteroatoms. The first kappa shape index (κ1) is 14.5. The maximum Gasteiger partial charge on any atom is 0.225 e. The Balaban J connectivity index is 1.77. The normalized spacial score (nSPS) is 18.4. The minimum atomic E-state index is -0.270. The van der Waals surface area contributed by atoms with E-state index in [1.165, 1.54) is 12.1 Å². The monoisotopic (exact) mass is 278 g/mol. The topological polar surface area (TPSA) is 49.4 Å². The lowest BCUT2D eigenvalue weighted by atomic mass is 10.1. The Bertz CT molecular complexity index is 504. The summed E-state index contributed by atoms with van der Waals surface area (Å²) in [7, 11) is 0. The van der Waals surface area contributed by atoms with Crippen LogP contribution in [-0.2, 0) is 16.0 Å². The van der Waals surface area contributed by atoms with Gasteiger partial charge in [-0.1, -0.05) is 12.1 Å². The standard InChI is InChI=1S/C15H19FN2O2/c1-2-18-10-12(9-14(18)19)15(20)17-7-6-11-4-3-5-13(16)8-11/h3-5,8,12H,2,6-7,9-10H2,1H3,(H,17,20)/t12-/m1/s1. The van der Waals surface area contributed by atoms with Crippen LogP contribution in [0.15, 0.2) is 24.3 Å². The molecule has 1 N–H and O–H groups in total. The van der Waals surface area contributed by atoms with E-state index in [0.717, 1.165) is 5.56 Å². The van der Waals surface area contributed by atoms with Gasteiger partial charge in [-0.2, -0.15) is 0 Å². The van der Waals surface area contributed by atoms with E-state index in [2.05, 4.69) is 5.32 Å². The number of halogens is 1. The van der Waals surface area contributed by atoms with E-state index in [4.69, 9.17) is 0 Å². The molecule has 1 aromatic rings. The quantitative estimate of drug-likeness (QED) is 0.884. The minimum Gasteiger partial charge on any atom is -0.355 e. The summed E-state index contributed by atoms with van der Waals surface area (Å²) < 4.78 is 13.0. The van der Waals surface area contributed by atoms with Gasteiger partial charge in [0, 0.05) is 26.1 Å². The van der Waals surface area contributed by atoms with Crippen LogP contribution in [0.3, 0.4) is 0 Å². The van der Waals surface area contributed by atoms with E-state index < -0.39 is 0 Å². The number of rotatable bonds is 5. The third-order valence-electron chi connectivity index (χ3n) is 3.57. The molecule has 0 aromatic heterocycles. The van der Waals surface area contributed by atoms with Crippen molar-refractivity contribution in [2.45, 2.75) is 19.8 Å². The summed E-state index contributed by atoms with van der Waals surface area (Å²) in [6.45, 7) is 3.51. The summed E-state index contributed by atoms with van der Waals surface area (Å²) in [6.07, 6.45) is 0.876. The van der Waals surface area contributed by atoms with E-state index in [1.807, 2.05) is 13.0 Å². The predicted octanol–water partition coefficient (Wildman–Crippen LogP) is 1.35. The number of carbonyl (C=O) groups excluding carboxylic acids is 2. The van der Waals surface area contributed by atoms with Gasteiger partial charge in [0.05, 0.1) is 5.92 Å². The molecule has 0 radical (unpaired) electrons. The second-order valence-corrected chi connectivity index (χ2v) is 5.00. The summed E-state index contributed by atoms with van der Waals surface area (Å²) in [5.74, 6) is -0.577. The second-order valence-electron chi connectivity index (χ2n) is 5.00. The summed E-state index contributed by atoms with van der Waals surface area (Å²) in [6, 6.07) is 6.34. The van der Waals surface area contributed by atoms with Crippen LogP contribution in [0.1, 0.15) is 18.9 Å². The Morgan fingerprint density at radius 1 is 1.50 bits per heavy atom. The van der Waals surface area contributed by atoms with Crippen LogP contribution in [0, 0.1) is 11.7 Å². The van der Waals surface area contributed by atoms with Crippen LogP contribution < -0.4 is 5.32 Å². The van der Waals surface area contributed by atoms with Gasteiger partial charge < -0.3 is 10.2 Å². The zero-order valence-electron chi connectivity index (χ0n) is 11.6. The molecule has 1 atom stereocenters. The van der Waals surface area contributed by atoms with E-state index >= 15 is 0 Å². The van der Waals surface area contributed by atoms with Gasteiger partial charge in [0.15, 0.2) is 0 Å². The lowest BCUT2D eigenvalue weighted by Gasteiger charge is -2.13. The number of hydrogen-bond donors (Lipinski definition) is 1. The maximum atomic E-state index is 13.0. The summed E-state index contributed by atoms with van der Waals surface area (Å²) in [5.41, 5.74) is 0.850. The van der Waals surface area contributed by atoms with Gasteiger partial charge in [0.2, 0.25) is 11.8 Å². The van der Waals surface area contributed by atoms with Crippen LogP contribution in [-0.4, -0.2) is 36.3 Å². The van der Waals surface area contributed by atoms with Gasteiger partial charge in [-0.05, 0) is 31.0 Å². The van der Waals surface area contributed by atoms with Crippen molar-refractivity contribution in [1.29, 1.82) is 0 Å². The second kappa shape index (κ2) is 6.50. The van der Waals surface area contributed by atoms with Gasteiger partial charge >= 0.3 is 0 Å². The molecule has 0 saturated carbocycles. The Hall–Kier alpha value is -1.91. The summed E-state index contributed by atoms with van der Waals surface area (Å²) in [4.78, 5) is 25.2. The maximum absolute atomic E-state index is 13.0. The molecular formula is C15H19FN2O2. The first-order chi connectivity index (χ1) is 9.60. The molecule has 1 heterocycles. The van der Waals surface area contributed by atoms with Gasteiger partial charge in [0.1, 0.15) is 5.82 Å². The number of amides is 2. The number of benzene rings is 1. The van der Waals surface area contributed by atoms with Gasteiger partial charge in [-0.25, -0.2) is 4.39 Å². The molecule has 0 bridgehead atoms. The fourth-order valence-corrected chi connectivity index (χ4v) is 2.42. The molecule has 0 unspecified atom stereocenters. The van der Waals surface area contributed by atoms with Crippen LogP contribution in [0.25, 0.3) is 0 Å². The van der Waals surface area contributed by atoms with Gasteiger partial charge in [-0.15, -0.1) is 0 Å². The molecule has 1 aliphatic rings. The zero-order valence-corrected chi connectivity index (χ0v) is 11.6. The van der Waals surface area contributed by atoms with E-state index in [-0.39, 0.29) is 23.5 Å². The Morgan fingerprint density at radius 2 is 2.30 bits per heavy atom. The first-order valence-corrected chi connectivity index (χ1v) is 6.90. The highest BCUT2D eigenvalue weighted by Crippen LogP contribution is 2.17. The van der Waals surface area contributed by atoms with E-state index in [9.17, 15) is 14.0 Å². The van der Waals surface area contributed by atoms with Gasteiger partial charge in [-0.3, -0.25) is 9.59 Å². The van der Waals surface area contributed by atoms with Crippen molar-refractivity contribution >= 4 is 11.8 Å². The van der Waals surface area contributed by atoms with Crippen molar-refractivity contribution in [2.75, 3.05) is 19.6 Å². The smallest absolute Gasteiger partial charge is 0.225 e. The molecule has 2 amide bonds. The fourth-order valence-electron chi connectivity index (χ4n) is 2.42. The average Bonchev–Trinajstić information content (AvgIpc) is 2.80. The number of carbonyl (C=O) groups is 2. The fraction of sp³-hybridized carbons (Fsp3) is 0.467. The highest BCUT2D eigenvalue weighted by molar-refractivity contribution is 5.89. The third kappa shape index (κ3) is 3.56. The van der Waals surface area contributed by atoms with Crippen LogP contribution in [0.5, 0.6) is 0 Å². The molecule has 20 heavy (non-hydrogen) atoms. The molecule has 1 aliphatic heterocycles. The van der Waals surface area contributed by atoms with Crippen molar-refractivity contribution in [2.24, 2.45) is 5.92 Å². The lowest BCUT2D eigenvalue weighted by Crippen LogP contribution is -2.34. The van der Waals surface area contributed by atoms with Crippen molar-refractivity contribution in [3.63, 3.8) is 0 Å². The Kier molecular flexibility index (Phi) is 4.71. The predicted molar refractivity (Wildman–Crippen MR) is 73.5 cm³/mol.